The summed E-state index contributed by atoms with van der Waals surface area (Å²) in [5.74, 6) is 1.48. The van der Waals surface area contributed by atoms with Gasteiger partial charge in [-0.05, 0) is 65.8 Å². The van der Waals surface area contributed by atoms with Crippen molar-refractivity contribution in [2.75, 3.05) is 12.1 Å². The molecule has 5 heteroatoms. The Labute approximate surface area is 177 Å². The largest absolute Gasteiger partial charge is 0.454 e. The molecule has 0 spiro atoms. The van der Waals surface area contributed by atoms with Crippen LogP contribution in [-0.2, 0) is 16.8 Å². The third-order valence-corrected chi connectivity index (χ3v) is 6.19. The van der Waals surface area contributed by atoms with Gasteiger partial charge in [0.25, 0.3) is 0 Å². The molecule has 0 unspecified atom stereocenters. The maximum atomic E-state index is 13.3. The molecule has 154 valence electrons. The predicted molar refractivity (Wildman–Crippen MR) is 119 cm³/mol. The number of rotatable bonds is 5. The van der Waals surface area contributed by atoms with Crippen LogP contribution in [0, 0.1) is 6.92 Å². The molecule has 1 heterocycles. The van der Waals surface area contributed by atoms with Crippen molar-refractivity contribution in [1.29, 1.82) is 0 Å². The molecule has 0 bridgehead atoms. The van der Waals surface area contributed by atoms with Gasteiger partial charge in [0.15, 0.2) is 11.5 Å². The molecule has 1 aliphatic carbocycles. The zero-order valence-electron chi connectivity index (χ0n) is 16.9. The molecular weight excluding hydrogens is 376 g/mol. The SMILES string of the molecule is Cc1c(NC(=O)C2(c3ccc4c(c3)OCO4)CC2)cccc1-c1ccc(CN)cc1.[HH]. The summed E-state index contributed by atoms with van der Waals surface area (Å²) in [6, 6.07) is 20.1. The van der Waals surface area contributed by atoms with Crippen molar-refractivity contribution in [3.05, 3.63) is 77.4 Å². The zero-order chi connectivity index (χ0) is 20.7. The van der Waals surface area contributed by atoms with Gasteiger partial charge >= 0.3 is 0 Å². The number of hydrogen-bond acceptors (Lipinski definition) is 4. The number of carbonyl (C=O) groups excluding carboxylic acids is 1. The van der Waals surface area contributed by atoms with Crippen LogP contribution in [-0.4, -0.2) is 12.7 Å². The first kappa shape index (κ1) is 18.7. The van der Waals surface area contributed by atoms with Crippen molar-refractivity contribution in [3.8, 4) is 22.6 Å². The molecule has 0 saturated heterocycles. The minimum atomic E-state index is -0.494. The minimum Gasteiger partial charge on any atom is -0.454 e. The van der Waals surface area contributed by atoms with Crippen LogP contribution in [0.15, 0.2) is 60.7 Å². The summed E-state index contributed by atoms with van der Waals surface area (Å²) in [6.45, 7) is 2.80. The number of benzene rings is 3. The molecule has 1 amide bonds. The summed E-state index contributed by atoms with van der Waals surface area (Å²) in [5, 5.41) is 3.18. The second-order valence-corrected chi connectivity index (χ2v) is 7.98. The highest BCUT2D eigenvalue weighted by Gasteiger charge is 2.51. The van der Waals surface area contributed by atoms with Crippen molar-refractivity contribution in [1.82, 2.24) is 0 Å². The summed E-state index contributed by atoms with van der Waals surface area (Å²) >= 11 is 0. The number of hydrogen-bond donors (Lipinski definition) is 2. The van der Waals surface area contributed by atoms with Gasteiger partial charge in [0, 0.05) is 13.7 Å². The summed E-state index contributed by atoms with van der Waals surface area (Å²) in [5.41, 5.74) is 11.4. The quantitative estimate of drug-likeness (QED) is 0.645. The highest BCUT2D eigenvalue weighted by atomic mass is 16.7. The van der Waals surface area contributed by atoms with E-state index in [0.717, 1.165) is 52.1 Å². The van der Waals surface area contributed by atoms with E-state index in [1.807, 2.05) is 49.4 Å². The van der Waals surface area contributed by atoms with Crippen molar-refractivity contribution >= 4 is 11.6 Å². The first-order chi connectivity index (χ1) is 14.6. The number of carbonyl (C=O) groups is 1. The second kappa shape index (κ2) is 7.18. The van der Waals surface area contributed by atoms with Gasteiger partial charge in [0.2, 0.25) is 12.7 Å². The third-order valence-electron chi connectivity index (χ3n) is 6.19. The van der Waals surface area contributed by atoms with Crippen LogP contribution in [0.4, 0.5) is 5.69 Å². The van der Waals surface area contributed by atoms with Crippen LogP contribution < -0.4 is 20.5 Å². The molecule has 0 aromatic heterocycles. The van der Waals surface area contributed by atoms with E-state index in [0.29, 0.717) is 12.3 Å². The summed E-state index contributed by atoms with van der Waals surface area (Å²) in [7, 11) is 0. The van der Waals surface area contributed by atoms with Crippen molar-refractivity contribution in [2.45, 2.75) is 31.7 Å². The Balaban J connectivity index is 0.00000231. The average Bonchev–Trinajstić information content (AvgIpc) is 3.46. The Morgan fingerprint density at radius 1 is 1.07 bits per heavy atom. The molecule has 30 heavy (non-hydrogen) atoms. The van der Waals surface area contributed by atoms with E-state index in [1.54, 1.807) is 0 Å². The first-order valence-electron chi connectivity index (χ1n) is 10.2. The summed E-state index contributed by atoms with van der Waals surface area (Å²) in [4.78, 5) is 13.3. The van der Waals surface area contributed by atoms with Gasteiger partial charge in [-0.2, -0.15) is 0 Å². The van der Waals surface area contributed by atoms with E-state index in [-0.39, 0.29) is 14.1 Å². The van der Waals surface area contributed by atoms with E-state index < -0.39 is 5.41 Å². The molecule has 3 aromatic rings. The molecule has 1 saturated carbocycles. The predicted octanol–water partition coefficient (Wildman–Crippen LogP) is 4.77. The third kappa shape index (κ3) is 3.12. The van der Waals surface area contributed by atoms with E-state index in [4.69, 9.17) is 15.2 Å². The topological polar surface area (TPSA) is 73.6 Å². The van der Waals surface area contributed by atoms with Gasteiger partial charge in [0.1, 0.15) is 0 Å². The molecular formula is C25H26N2O3. The number of amides is 1. The standard InChI is InChI=1S/C25H24N2O3.H2/c1-16-20(18-7-5-17(14-26)6-8-18)3-2-4-21(16)27-24(28)25(11-12-25)19-9-10-22-23(13-19)30-15-29-22;/h2-10,13H,11-12,14-15,26H2,1H3,(H,27,28);1H. The van der Waals surface area contributed by atoms with Gasteiger partial charge in [-0.15, -0.1) is 0 Å². The number of nitrogens with one attached hydrogen (secondary N) is 1. The van der Waals surface area contributed by atoms with Crippen LogP contribution in [0.5, 0.6) is 11.5 Å². The fourth-order valence-corrected chi connectivity index (χ4v) is 4.11. The number of nitrogens with two attached hydrogens (primary N) is 1. The second-order valence-electron chi connectivity index (χ2n) is 7.98. The van der Waals surface area contributed by atoms with Gasteiger partial charge in [-0.1, -0.05) is 42.5 Å². The van der Waals surface area contributed by atoms with Crippen LogP contribution >= 0.6 is 0 Å². The van der Waals surface area contributed by atoms with Crippen molar-refractivity contribution in [2.24, 2.45) is 5.73 Å². The molecule has 3 N–H and O–H groups in total. The average molecular weight is 402 g/mol. The summed E-state index contributed by atoms with van der Waals surface area (Å²) < 4.78 is 10.9. The monoisotopic (exact) mass is 402 g/mol. The summed E-state index contributed by atoms with van der Waals surface area (Å²) in [6.07, 6.45) is 1.66. The molecule has 0 atom stereocenters. The highest BCUT2D eigenvalue weighted by molar-refractivity contribution is 6.02. The normalized spacial score (nSPS) is 15.7. The lowest BCUT2D eigenvalue weighted by atomic mass is 9.93. The van der Waals surface area contributed by atoms with Gasteiger partial charge in [-0.25, -0.2) is 0 Å². The van der Waals surface area contributed by atoms with E-state index in [1.165, 1.54) is 0 Å². The molecule has 0 radical (unpaired) electrons. The first-order valence-corrected chi connectivity index (χ1v) is 10.2. The molecule has 1 fully saturated rings. The Kier molecular flexibility index (Phi) is 4.48. The minimum absolute atomic E-state index is 0. The number of fused-ring (bicyclic) bond motifs is 1. The Bertz CT molecular complexity index is 1120. The Morgan fingerprint density at radius 2 is 1.83 bits per heavy atom. The lowest BCUT2D eigenvalue weighted by Crippen LogP contribution is -2.28. The molecule has 3 aromatic carbocycles. The lowest BCUT2D eigenvalue weighted by molar-refractivity contribution is -0.118. The van der Waals surface area contributed by atoms with E-state index >= 15 is 0 Å². The van der Waals surface area contributed by atoms with Gasteiger partial charge < -0.3 is 20.5 Å². The molecule has 1 aliphatic heterocycles. The lowest BCUT2D eigenvalue weighted by Gasteiger charge is -2.19. The van der Waals surface area contributed by atoms with Crippen LogP contribution in [0.25, 0.3) is 11.1 Å². The maximum absolute atomic E-state index is 13.3. The number of ether oxygens (including phenoxy) is 2. The highest BCUT2D eigenvalue weighted by Crippen LogP contribution is 2.51. The van der Waals surface area contributed by atoms with Crippen LogP contribution in [0.1, 0.15) is 31.0 Å². The van der Waals surface area contributed by atoms with E-state index in [2.05, 4.69) is 23.5 Å². The smallest absolute Gasteiger partial charge is 0.235 e. The fourth-order valence-electron chi connectivity index (χ4n) is 4.11. The van der Waals surface area contributed by atoms with Gasteiger partial charge in [0.05, 0.1) is 5.41 Å². The number of anilines is 1. The maximum Gasteiger partial charge on any atom is 0.235 e. The molecule has 2 aliphatic rings. The Hall–Kier alpha value is -3.31. The van der Waals surface area contributed by atoms with Crippen LogP contribution in [0.2, 0.25) is 0 Å². The van der Waals surface area contributed by atoms with E-state index in [9.17, 15) is 4.79 Å². The fraction of sp³-hybridized carbons (Fsp3) is 0.240. The molecule has 5 rings (SSSR count). The zero-order valence-corrected chi connectivity index (χ0v) is 16.9. The van der Waals surface area contributed by atoms with Crippen molar-refractivity contribution in [3.63, 3.8) is 0 Å². The van der Waals surface area contributed by atoms with Crippen molar-refractivity contribution < 1.29 is 15.7 Å². The van der Waals surface area contributed by atoms with Crippen LogP contribution in [0.3, 0.4) is 0 Å². The molecule has 5 nitrogen and oxygen atoms in total. The Morgan fingerprint density at radius 3 is 2.57 bits per heavy atom. The van der Waals surface area contributed by atoms with Gasteiger partial charge in [-0.3, -0.25) is 4.79 Å².